The summed E-state index contributed by atoms with van der Waals surface area (Å²) in [5.74, 6) is 1.62. The number of hydrogen-bond acceptors (Lipinski definition) is 4. The normalized spacial score (nSPS) is 14.1. The van der Waals surface area contributed by atoms with Crippen LogP contribution in [0.2, 0.25) is 0 Å². The Morgan fingerprint density at radius 1 is 0.781 bits per heavy atom. The van der Waals surface area contributed by atoms with Crippen LogP contribution < -0.4 is 9.47 Å². The molecule has 0 unspecified atom stereocenters. The van der Waals surface area contributed by atoms with Crippen molar-refractivity contribution >= 4 is 11.8 Å². The number of carbonyl (C=O) groups excluding carboxylic acids is 2. The fourth-order valence-electron chi connectivity index (χ4n) is 3.66. The maximum Gasteiger partial charge on any atom is 0.260 e. The van der Waals surface area contributed by atoms with Gasteiger partial charge in [0, 0.05) is 32.6 Å². The van der Waals surface area contributed by atoms with E-state index in [4.69, 9.17) is 9.47 Å². The van der Waals surface area contributed by atoms with Crippen molar-refractivity contribution in [1.82, 2.24) is 9.80 Å². The number of aryl methyl sites for hydroxylation is 3. The van der Waals surface area contributed by atoms with E-state index < -0.39 is 0 Å². The van der Waals surface area contributed by atoms with Gasteiger partial charge >= 0.3 is 0 Å². The fraction of sp³-hybridized carbons (Fsp3) is 0.462. The Morgan fingerprint density at radius 3 is 2.12 bits per heavy atom. The molecule has 6 heteroatoms. The van der Waals surface area contributed by atoms with E-state index in [9.17, 15) is 9.59 Å². The summed E-state index contributed by atoms with van der Waals surface area (Å²) >= 11 is 0. The Balaban J connectivity index is 1.37. The number of carbonyl (C=O) groups is 2. The van der Waals surface area contributed by atoms with E-state index in [1.807, 2.05) is 68.1 Å². The van der Waals surface area contributed by atoms with Gasteiger partial charge in [-0.15, -0.1) is 0 Å². The van der Waals surface area contributed by atoms with E-state index in [1.54, 1.807) is 4.90 Å². The molecule has 0 N–H and O–H groups in total. The highest BCUT2D eigenvalue weighted by Gasteiger charge is 2.22. The molecule has 1 saturated heterocycles. The molecule has 1 heterocycles. The Labute approximate surface area is 191 Å². The van der Waals surface area contributed by atoms with E-state index in [1.165, 1.54) is 11.1 Å². The first kappa shape index (κ1) is 23.6. The first-order valence-corrected chi connectivity index (χ1v) is 11.4. The maximum atomic E-state index is 12.6. The summed E-state index contributed by atoms with van der Waals surface area (Å²) in [5, 5.41) is 0. The number of ether oxygens (including phenoxy) is 2. The lowest BCUT2D eigenvalue weighted by atomic mass is 10.1. The number of nitrogens with zero attached hydrogens (tertiary/aromatic N) is 2. The Bertz CT molecular complexity index is 911. The van der Waals surface area contributed by atoms with Crippen molar-refractivity contribution in [3.63, 3.8) is 0 Å². The number of rotatable bonds is 8. The zero-order valence-electron chi connectivity index (χ0n) is 19.4. The van der Waals surface area contributed by atoms with Crippen molar-refractivity contribution in [2.45, 2.75) is 40.0 Å². The van der Waals surface area contributed by atoms with Crippen LogP contribution in [-0.4, -0.2) is 61.0 Å². The van der Waals surface area contributed by atoms with E-state index in [0.717, 1.165) is 17.7 Å². The van der Waals surface area contributed by atoms with Crippen LogP contribution in [0.4, 0.5) is 0 Å². The van der Waals surface area contributed by atoms with Crippen LogP contribution in [0.15, 0.2) is 42.5 Å². The highest BCUT2D eigenvalue weighted by Crippen LogP contribution is 2.17. The van der Waals surface area contributed by atoms with Crippen LogP contribution in [0, 0.1) is 20.8 Å². The minimum absolute atomic E-state index is 0.0206. The van der Waals surface area contributed by atoms with Crippen LogP contribution in [0.3, 0.4) is 0 Å². The van der Waals surface area contributed by atoms with Crippen molar-refractivity contribution in [2.24, 2.45) is 0 Å². The highest BCUT2D eigenvalue weighted by molar-refractivity contribution is 5.78. The molecule has 6 nitrogen and oxygen atoms in total. The summed E-state index contributed by atoms with van der Waals surface area (Å²) in [6.07, 6.45) is 1.91. The molecule has 1 aliphatic heterocycles. The average Bonchev–Trinajstić information content (AvgIpc) is 3.05. The molecule has 0 spiro atoms. The molecular formula is C26H34N2O4. The van der Waals surface area contributed by atoms with E-state index in [-0.39, 0.29) is 18.4 Å². The molecule has 0 aliphatic carbocycles. The molecule has 2 amide bonds. The zero-order valence-corrected chi connectivity index (χ0v) is 19.4. The van der Waals surface area contributed by atoms with Crippen molar-refractivity contribution in [2.75, 3.05) is 39.4 Å². The number of benzene rings is 2. The summed E-state index contributed by atoms with van der Waals surface area (Å²) in [4.78, 5) is 28.9. The SMILES string of the molecule is Cc1ccc(OCCCC(=O)N2CCCN(C(=O)COc3ccc(C)c(C)c3)CC2)cc1. The third-order valence-corrected chi connectivity index (χ3v) is 5.87. The van der Waals surface area contributed by atoms with Gasteiger partial charge in [-0.25, -0.2) is 0 Å². The first-order chi connectivity index (χ1) is 15.4. The topological polar surface area (TPSA) is 59.1 Å². The summed E-state index contributed by atoms with van der Waals surface area (Å²) in [6.45, 7) is 9.08. The third kappa shape index (κ3) is 7.01. The molecule has 0 bridgehead atoms. The van der Waals surface area contributed by atoms with Crippen LogP contribution in [0.1, 0.15) is 36.0 Å². The van der Waals surface area contributed by atoms with Crippen molar-refractivity contribution in [1.29, 1.82) is 0 Å². The Morgan fingerprint density at radius 2 is 1.44 bits per heavy atom. The van der Waals surface area contributed by atoms with Gasteiger partial charge in [0.15, 0.2) is 6.61 Å². The Hall–Kier alpha value is -3.02. The van der Waals surface area contributed by atoms with Gasteiger partial charge in [-0.05, 0) is 69.0 Å². The van der Waals surface area contributed by atoms with Gasteiger partial charge in [0.1, 0.15) is 11.5 Å². The van der Waals surface area contributed by atoms with Crippen LogP contribution in [0.25, 0.3) is 0 Å². The van der Waals surface area contributed by atoms with Gasteiger partial charge in [0.05, 0.1) is 6.61 Å². The standard InChI is InChI=1S/C26H34N2O4/c1-20-7-10-23(11-8-20)31-17-4-6-25(29)27-13-5-14-28(16-15-27)26(30)19-32-24-12-9-21(2)22(3)18-24/h7-12,18H,4-6,13-17,19H2,1-3H3. The summed E-state index contributed by atoms with van der Waals surface area (Å²) < 4.78 is 11.4. The first-order valence-electron chi connectivity index (χ1n) is 11.4. The second-order valence-corrected chi connectivity index (χ2v) is 8.41. The molecule has 172 valence electrons. The lowest BCUT2D eigenvalue weighted by Crippen LogP contribution is -2.39. The van der Waals surface area contributed by atoms with Crippen LogP contribution in [0.5, 0.6) is 11.5 Å². The fourth-order valence-corrected chi connectivity index (χ4v) is 3.66. The summed E-state index contributed by atoms with van der Waals surface area (Å²) in [7, 11) is 0. The Kier molecular flexibility index (Phi) is 8.54. The molecule has 0 radical (unpaired) electrons. The number of hydrogen-bond donors (Lipinski definition) is 0. The molecule has 2 aromatic rings. The van der Waals surface area contributed by atoms with E-state index >= 15 is 0 Å². The van der Waals surface area contributed by atoms with Gasteiger partial charge in [-0.3, -0.25) is 9.59 Å². The molecule has 0 aromatic heterocycles. The second kappa shape index (κ2) is 11.6. The lowest BCUT2D eigenvalue weighted by molar-refractivity contribution is -0.134. The smallest absolute Gasteiger partial charge is 0.260 e. The molecule has 0 saturated carbocycles. The van der Waals surface area contributed by atoms with Crippen molar-refractivity contribution in [3.05, 3.63) is 59.2 Å². The van der Waals surface area contributed by atoms with E-state index in [2.05, 4.69) is 0 Å². The quantitative estimate of drug-likeness (QED) is 0.587. The average molecular weight is 439 g/mol. The molecule has 1 aliphatic rings. The minimum atomic E-state index is -0.0379. The largest absolute Gasteiger partial charge is 0.494 e. The minimum Gasteiger partial charge on any atom is -0.494 e. The predicted molar refractivity (Wildman–Crippen MR) is 125 cm³/mol. The lowest BCUT2D eigenvalue weighted by Gasteiger charge is -2.22. The van der Waals surface area contributed by atoms with Gasteiger partial charge in [-0.2, -0.15) is 0 Å². The molecule has 1 fully saturated rings. The van der Waals surface area contributed by atoms with Crippen LogP contribution in [-0.2, 0) is 9.59 Å². The van der Waals surface area contributed by atoms with Crippen molar-refractivity contribution < 1.29 is 19.1 Å². The van der Waals surface area contributed by atoms with Crippen molar-refractivity contribution in [3.8, 4) is 11.5 Å². The second-order valence-electron chi connectivity index (χ2n) is 8.41. The molecule has 32 heavy (non-hydrogen) atoms. The highest BCUT2D eigenvalue weighted by atomic mass is 16.5. The third-order valence-electron chi connectivity index (χ3n) is 5.87. The predicted octanol–water partition coefficient (Wildman–Crippen LogP) is 3.91. The summed E-state index contributed by atoms with van der Waals surface area (Å²) in [5.41, 5.74) is 3.53. The van der Waals surface area contributed by atoms with E-state index in [0.29, 0.717) is 51.4 Å². The number of amides is 2. The van der Waals surface area contributed by atoms with Gasteiger partial charge in [0.25, 0.3) is 5.91 Å². The molecular weight excluding hydrogens is 404 g/mol. The van der Waals surface area contributed by atoms with Gasteiger partial charge < -0.3 is 19.3 Å². The van der Waals surface area contributed by atoms with Gasteiger partial charge in [-0.1, -0.05) is 23.8 Å². The zero-order chi connectivity index (χ0) is 22.9. The molecule has 3 rings (SSSR count). The monoisotopic (exact) mass is 438 g/mol. The van der Waals surface area contributed by atoms with Gasteiger partial charge in [0.2, 0.25) is 5.91 Å². The molecule has 2 aromatic carbocycles. The summed E-state index contributed by atoms with van der Waals surface area (Å²) in [6, 6.07) is 13.8. The maximum absolute atomic E-state index is 12.6. The molecule has 0 atom stereocenters. The van der Waals surface area contributed by atoms with Crippen LogP contribution >= 0.6 is 0 Å².